The zero-order valence-electron chi connectivity index (χ0n) is 16.1. The molecular weight excluding hydrogens is 451 g/mol. The molecule has 9 heteroatoms. The molecule has 2 aliphatic rings. The minimum Gasteiger partial charge on any atom is -0.381 e. The Morgan fingerprint density at radius 2 is 2.00 bits per heavy atom. The van der Waals surface area contributed by atoms with Gasteiger partial charge in [0.1, 0.15) is 6.54 Å². The van der Waals surface area contributed by atoms with Gasteiger partial charge < -0.3 is 29.7 Å². The maximum Gasteiger partial charge on any atom is 0.243 e. The van der Waals surface area contributed by atoms with Gasteiger partial charge in [0.05, 0.1) is 11.7 Å². The van der Waals surface area contributed by atoms with Crippen molar-refractivity contribution >= 4 is 35.8 Å². The van der Waals surface area contributed by atoms with E-state index >= 15 is 0 Å². The number of aliphatic imine (C=N–C) groups is 1. The molecule has 0 bridgehead atoms. The average Bonchev–Trinajstić information content (AvgIpc) is 3.15. The highest BCUT2D eigenvalue weighted by molar-refractivity contribution is 14.0. The molecule has 1 unspecified atom stereocenters. The first-order valence-corrected chi connectivity index (χ1v) is 9.01. The van der Waals surface area contributed by atoms with Gasteiger partial charge in [0.15, 0.2) is 5.96 Å². The SMILES string of the molecule is COC1(CNC(=NCC(=O)N(C)C)NCC2CCCO2)CCOCC1.I. The Labute approximate surface area is 173 Å². The first kappa shape index (κ1) is 23.4. The molecular formula is C17H33IN4O4. The number of rotatable bonds is 7. The molecule has 0 spiro atoms. The number of carbonyl (C=O) groups excluding carboxylic acids is 1. The molecule has 26 heavy (non-hydrogen) atoms. The third-order valence-corrected chi connectivity index (χ3v) is 4.81. The Balaban J connectivity index is 0.00000338. The van der Waals surface area contributed by atoms with Crippen LogP contribution in [0, 0.1) is 0 Å². The number of halogens is 1. The van der Waals surface area contributed by atoms with Crippen molar-refractivity contribution in [3.63, 3.8) is 0 Å². The molecule has 2 N–H and O–H groups in total. The van der Waals surface area contributed by atoms with Gasteiger partial charge in [0.25, 0.3) is 0 Å². The van der Waals surface area contributed by atoms with Gasteiger partial charge in [0.2, 0.25) is 5.91 Å². The average molecular weight is 484 g/mol. The van der Waals surface area contributed by atoms with Crippen molar-refractivity contribution in [3.8, 4) is 0 Å². The monoisotopic (exact) mass is 484 g/mol. The molecule has 152 valence electrons. The number of ether oxygens (including phenoxy) is 3. The topological polar surface area (TPSA) is 84.4 Å². The van der Waals surface area contributed by atoms with Crippen LogP contribution in [0.25, 0.3) is 0 Å². The molecule has 0 aromatic rings. The number of hydrogen-bond acceptors (Lipinski definition) is 5. The van der Waals surface area contributed by atoms with Gasteiger partial charge in [-0.25, -0.2) is 4.99 Å². The van der Waals surface area contributed by atoms with E-state index in [4.69, 9.17) is 14.2 Å². The molecule has 2 rings (SSSR count). The van der Waals surface area contributed by atoms with Crippen LogP contribution in [0.3, 0.4) is 0 Å². The summed E-state index contributed by atoms with van der Waals surface area (Å²) in [6.45, 7) is 3.63. The number of nitrogens with zero attached hydrogens (tertiary/aromatic N) is 2. The molecule has 8 nitrogen and oxygen atoms in total. The molecule has 0 aromatic heterocycles. The number of likely N-dealkylation sites (N-methyl/N-ethyl adjacent to an activating group) is 1. The van der Waals surface area contributed by atoms with Gasteiger partial charge in [-0.05, 0) is 12.8 Å². The summed E-state index contributed by atoms with van der Waals surface area (Å²) in [5.41, 5.74) is -0.254. The second-order valence-electron chi connectivity index (χ2n) is 6.82. The van der Waals surface area contributed by atoms with Crippen LogP contribution in [-0.2, 0) is 19.0 Å². The van der Waals surface area contributed by atoms with Crippen LogP contribution >= 0.6 is 24.0 Å². The summed E-state index contributed by atoms with van der Waals surface area (Å²) in [4.78, 5) is 17.8. The minimum atomic E-state index is -0.254. The Kier molecular flexibility index (Phi) is 10.7. The predicted molar refractivity (Wildman–Crippen MR) is 111 cm³/mol. The maximum absolute atomic E-state index is 11.8. The van der Waals surface area contributed by atoms with Crippen LogP contribution in [0.4, 0.5) is 0 Å². The Bertz CT molecular complexity index is 450. The van der Waals surface area contributed by atoms with Crippen molar-refractivity contribution in [2.75, 3.05) is 60.7 Å². The fourth-order valence-electron chi connectivity index (χ4n) is 2.92. The molecule has 0 aromatic carbocycles. The fourth-order valence-corrected chi connectivity index (χ4v) is 2.92. The van der Waals surface area contributed by atoms with Gasteiger partial charge in [-0.1, -0.05) is 0 Å². The van der Waals surface area contributed by atoms with E-state index in [-0.39, 0.29) is 48.1 Å². The van der Waals surface area contributed by atoms with Crippen LogP contribution in [-0.4, -0.2) is 89.1 Å². The van der Waals surface area contributed by atoms with Gasteiger partial charge in [-0.2, -0.15) is 0 Å². The molecule has 2 heterocycles. The van der Waals surface area contributed by atoms with Crippen LogP contribution < -0.4 is 10.6 Å². The Hall–Kier alpha value is -0.650. The van der Waals surface area contributed by atoms with Gasteiger partial charge in [0, 0.05) is 67.0 Å². The minimum absolute atomic E-state index is 0. The van der Waals surface area contributed by atoms with Crippen molar-refractivity contribution < 1.29 is 19.0 Å². The first-order chi connectivity index (χ1) is 12.0. The third-order valence-electron chi connectivity index (χ3n) is 4.81. The summed E-state index contributed by atoms with van der Waals surface area (Å²) in [5, 5.41) is 6.62. The number of carbonyl (C=O) groups is 1. The van der Waals surface area contributed by atoms with Crippen molar-refractivity contribution in [2.45, 2.75) is 37.4 Å². The van der Waals surface area contributed by atoms with E-state index < -0.39 is 0 Å². The number of amides is 1. The van der Waals surface area contributed by atoms with Gasteiger partial charge in [-0.3, -0.25) is 4.79 Å². The number of methoxy groups -OCH3 is 1. The van der Waals surface area contributed by atoms with Crippen LogP contribution in [0.15, 0.2) is 4.99 Å². The van der Waals surface area contributed by atoms with Crippen molar-refractivity contribution in [3.05, 3.63) is 0 Å². The number of nitrogens with one attached hydrogen (secondary N) is 2. The molecule has 1 atom stereocenters. The first-order valence-electron chi connectivity index (χ1n) is 9.01. The predicted octanol–water partition coefficient (Wildman–Crippen LogP) is 0.602. The third kappa shape index (κ3) is 7.53. The Morgan fingerprint density at radius 1 is 1.27 bits per heavy atom. The zero-order valence-corrected chi connectivity index (χ0v) is 18.4. The van der Waals surface area contributed by atoms with E-state index in [0.29, 0.717) is 32.3 Å². The highest BCUT2D eigenvalue weighted by Crippen LogP contribution is 2.23. The van der Waals surface area contributed by atoms with Crippen LogP contribution in [0.5, 0.6) is 0 Å². The second-order valence-corrected chi connectivity index (χ2v) is 6.82. The lowest BCUT2D eigenvalue weighted by molar-refractivity contribution is -0.127. The maximum atomic E-state index is 11.8. The van der Waals surface area contributed by atoms with Crippen molar-refractivity contribution in [1.82, 2.24) is 15.5 Å². The van der Waals surface area contributed by atoms with Crippen molar-refractivity contribution in [2.24, 2.45) is 4.99 Å². The lowest BCUT2D eigenvalue weighted by Crippen LogP contribution is -2.51. The quantitative estimate of drug-likeness (QED) is 0.313. The standard InChI is InChI=1S/C17H32N4O4.HI/c1-21(2)15(22)12-19-16(18-11-14-5-4-8-25-14)20-13-17(23-3)6-9-24-10-7-17;/h14H,4-13H2,1-3H3,(H2,18,19,20);1H. The summed E-state index contributed by atoms with van der Waals surface area (Å²) in [6, 6.07) is 0. The molecule has 0 radical (unpaired) electrons. The summed E-state index contributed by atoms with van der Waals surface area (Å²) in [6.07, 6.45) is 4.03. The lowest BCUT2D eigenvalue weighted by atomic mass is 9.94. The summed E-state index contributed by atoms with van der Waals surface area (Å²) >= 11 is 0. The highest BCUT2D eigenvalue weighted by Gasteiger charge is 2.32. The van der Waals surface area contributed by atoms with E-state index in [1.807, 2.05) is 0 Å². The van der Waals surface area contributed by atoms with E-state index in [1.54, 1.807) is 21.2 Å². The second kappa shape index (κ2) is 11.9. The van der Waals surface area contributed by atoms with Gasteiger partial charge in [-0.15, -0.1) is 24.0 Å². The zero-order chi connectivity index (χ0) is 18.1. The summed E-state index contributed by atoms with van der Waals surface area (Å²) in [5.74, 6) is 0.583. The summed E-state index contributed by atoms with van der Waals surface area (Å²) in [7, 11) is 5.19. The number of guanidine groups is 1. The van der Waals surface area contributed by atoms with E-state index in [1.165, 1.54) is 4.90 Å². The normalized spacial score (nSPS) is 22.4. The largest absolute Gasteiger partial charge is 0.381 e. The Morgan fingerprint density at radius 3 is 2.58 bits per heavy atom. The molecule has 1 amide bonds. The number of hydrogen-bond donors (Lipinski definition) is 2. The lowest BCUT2D eigenvalue weighted by Gasteiger charge is -2.36. The van der Waals surface area contributed by atoms with Crippen LogP contribution in [0.1, 0.15) is 25.7 Å². The molecule has 2 aliphatic heterocycles. The van der Waals surface area contributed by atoms with Crippen molar-refractivity contribution in [1.29, 1.82) is 0 Å². The van der Waals surface area contributed by atoms with E-state index in [2.05, 4.69) is 15.6 Å². The summed E-state index contributed by atoms with van der Waals surface area (Å²) < 4.78 is 16.8. The molecule has 2 saturated heterocycles. The molecule has 0 saturated carbocycles. The van der Waals surface area contributed by atoms with Gasteiger partial charge >= 0.3 is 0 Å². The van der Waals surface area contributed by atoms with E-state index in [0.717, 1.165) is 32.3 Å². The highest BCUT2D eigenvalue weighted by atomic mass is 127. The molecule has 2 fully saturated rings. The molecule has 0 aliphatic carbocycles. The smallest absolute Gasteiger partial charge is 0.243 e. The van der Waals surface area contributed by atoms with E-state index in [9.17, 15) is 4.79 Å². The fraction of sp³-hybridized carbons (Fsp3) is 0.882. The van der Waals surface area contributed by atoms with Crippen LogP contribution in [0.2, 0.25) is 0 Å².